The Labute approximate surface area is 111 Å². The molecule has 0 saturated heterocycles. The summed E-state index contributed by atoms with van der Waals surface area (Å²) in [5, 5.41) is 3.98. The van der Waals surface area contributed by atoms with E-state index in [-0.39, 0.29) is 5.91 Å². The zero-order chi connectivity index (χ0) is 13.2. The van der Waals surface area contributed by atoms with Crippen LogP contribution in [0.4, 0.5) is 5.69 Å². The highest BCUT2D eigenvalue weighted by Gasteiger charge is 2.02. The van der Waals surface area contributed by atoms with Gasteiger partial charge in [0.15, 0.2) is 0 Å². The highest BCUT2D eigenvalue weighted by atomic mass is 16.1. The highest BCUT2D eigenvalue weighted by molar-refractivity contribution is 5.88. The van der Waals surface area contributed by atoms with Crippen LogP contribution in [0.2, 0.25) is 0 Å². The smallest absolute Gasteiger partial charge is 0.221 e. The molecule has 1 amide bonds. The van der Waals surface area contributed by atoms with Gasteiger partial charge in [-0.25, -0.2) is 0 Å². The van der Waals surface area contributed by atoms with Crippen LogP contribution < -0.4 is 5.32 Å². The van der Waals surface area contributed by atoms with Crippen molar-refractivity contribution in [3.05, 3.63) is 60.8 Å². The van der Waals surface area contributed by atoms with Crippen molar-refractivity contribution in [2.45, 2.75) is 6.92 Å². The number of nitrogens with one attached hydrogen (secondary N) is 1. The number of fused-ring (bicyclic) bond motifs is 1. The van der Waals surface area contributed by atoms with Crippen LogP contribution in [0.25, 0.3) is 16.6 Å². The molecule has 0 bridgehead atoms. The molecule has 3 heteroatoms. The van der Waals surface area contributed by atoms with Gasteiger partial charge in [-0.2, -0.15) is 0 Å². The molecule has 1 heterocycles. The molecule has 0 radical (unpaired) electrons. The van der Waals surface area contributed by atoms with E-state index in [9.17, 15) is 4.79 Å². The normalized spacial score (nSPS) is 10.6. The van der Waals surface area contributed by atoms with E-state index in [4.69, 9.17) is 0 Å². The van der Waals surface area contributed by atoms with Crippen molar-refractivity contribution < 1.29 is 4.79 Å². The maximum absolute atomic E-state index is 11.0. The van der Waals surface area contributed by atoms with Gasteiger partial charge in [-0.05, 0) is 41.8 Å². The van der Waals surface area contributed by atoms with E-state index in [1.54, 1.807) is 0 Å². The number of anilines is 1. The molecule has 0 aliphatic heterocycles. The summed E-state index contributed by atoms with van der Waals surface area (Å²) < 4.78 is 2.13. The summed E-state index contributed by atoms with van der Waals surface area (Å²) in [6.45, 7) is 1.51. The van der Waals surface area contributed by atoms with E-state index in [1.807, 2.05) is 36.4 Å². The quantitative estimate of drug-likeness (QED) is 0.741. The molecule has 0 saturated carbocycles. The maximum Gasteiger partial charge on any atom is 0.221 e. The van der Waals surface area contributed by atoms with Crippen molar-refractivity contribution in [1.82, 2.24) is 4.57 Å². The lowest BCUT2D eigenvalue weighted by molar-refractivity contribution is -0.114. The molecule has 0 spiro atoms. The van der Waals surface area contributed by atoms with Gasteiger partial charge in [0.05, 0.1) is 5.52 Å². The summed E-state index contributed by atoms with van der Waals surface area (Å²) in [6, 6.07) is 18.2. The van der Waals surface area contributed by atoms with E-state index < -0.39 is 0 Å². The van der Waals surface area contributed by atoms with Crippen LogP contribution in [0.1, 0.15) is 6.92 Å². The summed E-state index contributed by atoms with van der Waals surface area (Å²) in [5.41, 5.74) is 3.07. The minimum absolute atomic E-state index is 0.0563. The van der Waals surface area contributed by atoms with Crippen molar-refractivity contribution in [3.63, 3.8) is 0 Å². The lowest BCUT2D eigenvalue weighted by Gasteiger charge is -2.07. The standard InChI is InChI=1S/C16H14N2O/c1-12(19)17-14-6-8-15(9-7-14)18-11-10-13-4-2-3-5-16(13)18/h2-11H,1H3,(H,17,19). The lowest BCUT2D eigenvalue weighted by atomic mass is 10.2. The molecule has 2 aromatic carbocycles. The Morgan fingerprint density at radius 1 is 1.00 bits per heavy atom. The number of carbonyl (C=O) groups excluding carboxylic acids is 1. The Kier molecular flexibility index (Phi) is 2.80. The summed E-state index contributed by atoms with van der Waals surface area (Å²) in [4.78, 5) is 11.0. The molecule has 0 aliphatic rings. The summed E-state index contributed by atoms with van der Waals surface area (Å²) in [5.74, 6) is -0.0563. The number of para-hydroxylation sites is 1. The molecule has 3 nitrogen and oxygen atoms in total. The molecule has 19 heavy (non-hydrogen) atoms. The van der Waals surface area contributed by atoms with Crippen LogP contribution in [0, 0.1) is 0 Å². The van der Waals surface area contributed by atoms with E-state index in [1.165, 1.54) is 17.8 Å². The number of hydrogen-bond donors (Lipinski definition) is 1. The summed E-state index contributed by atoms with van der Waals surface area (Å²) in [6.07, 6.45) is 2.05. The highest BCUT2D eigenvalue weighted by Crippen LogP contribution is 2.21. The van der Waals surface area contributed by atoms with Crippen LogP contribution in [0.3, 0.4) is 0 Å². The zero-order valence-electron chi connectivity index (χ0n) is 10.6. The molecule has 1 aromatic heterocycles. The number of amides is 1. The second-order valence-electron chi connectivity index (χ2n) is 4.47. The first-order valence-corrected chi connectivity index (χ1v) is 6.18. The average molecular weight is 250 g/mol. The van der Waals surface area contributed by atoms with Gasteiger partial charge >= 0.3 is 0 Å². The molecule has 1 N–H and O–H groups in total. The molecule has 0 fully saturated rings. The third kappa shape index (κ3) is 2.22. The largest absolute Gasteiger partial charge is 0.326 e. The number of aromatic nitrogens is 1. The number of rotatable bonds is 2. The van der Waals surface area contributed by atoms with Gasteiger partial charge in [-0.15, -0.1) is 0 Å². The van der Waals surface area contributed by atoms with Crippen molar-refractivity contribution in [2.24, 2.45) is 0 Å². The Morgan fingerprint density at radius 3 is 2.47 bits per heavy atom. The van der Waals surface area contributed by atoms with Crippen LogP contribution in [0.15, 0.2) is 60.8 Å². The van der Waals surface area contributed by atoms with Gasteiger partial charge in [0.1, 0.15) is 0 Å². The van der Waals surface area contributed by atoms with E-state index in [2.05, 4.69) is 34.3 Å². The Balaban J connectivity index is 2.00. The fourth-order valence-electron chi connectivity index (χ4n) is 2.22. The van der Waals surface area contributed by atoms with Gasteiger partial charge in [-0.3, -0.25) is 4.79 Å². The number of benzene rings is 2. The van der Waals surface area contributed by atoms with Gasteiger partial charge in [0.2, 0.25) is 5.91 Å². The molecule has 3 rings (SSSR count). The maximum atomic E-state index is 11.0. The Hall–Kier alpha value is -2.55. The van der Waals surface area contributed by atoms with E-state index in [0.717, 1.165) is 11.4 Å². The minimum Gasteiger partial charge on any atom is -0.326 e. The first kappa shape index (κ1) is 11.5. The topological polar surface area (TPSA) is 34.0 Å². The monoisotopic (exact) mass is 250 g/mol. The predicted molar refractivity (Wildman–Crippen MR) is 77.6 cm³/mol. The molecule has 94 valence electrons. The molecule has 3 aromatic rings. The average Bonchev–Trinajstić information content (AvgIpc) is 2.83. The molecule has 0 aliphatic carbocycles. The van der Waals surface area contributed by atoms with Crippen molar-refractivity contribution in [2.75, 3.05) is 5.32 Å². The third-order valence-corrected chi connectivity index (χ3v) is 3.07. The minimum atomic E-state index is -0.0563. The molecular weight excluding hydrogens is 236 g/mol. The van der Waals surface area contributed by atoms with Crippen molar-refractivity contribution in [1.29, 1.82) is 0 Å². The van der Waals surface area contributed by atoms with Crippen molar-refractivity contribution >= 4 is 22.5 Å². The number of carbonyl (C=O) groups is 1. The van der Waals surface area contributed by atoms with Crippen LogP contribution in [-0.2, 0) is 4.79 Å². The Morgan fingerprint density at radius 2 is 1.74 bits per heavy atom. The van der Waals surface area contributed by atoms with Gasteiger partial charge in [-0.1, -0.05) is 18.2 Å². The molecule has 0 unspecified atom stereocenters. The lowest BCUT2D eigenvalue weighted by Crippen LogP contribution is -2.05. The van der Waals surface area contributed by atoms with Crippen LogP contribution in [-0.4, -0.2) is 10.5 Å². The zero-order valence-corrected chi connectivity index (χ0v) is 10.6. The van der Waals surface area contributed by atoms with Gasteiger partial charge in [0, 0.05) is 24.5 Å². The van der Waals surface area contributed by atoms with E-state index >= 15 is 0 Å². The summed E-state index contributed by atoms with van der Waals surface area (Å²) >= 11 is 0. The predicted octanol–water partition coefficient (Wildman–Crippen LogP) is 3.59. The number of hydrogen-bond acceptors (Lipinski definition) is 1. The van der Waals surface area contributed by atoms with Gasteiger partial charge < -0.3 is 9.88 Å². The van der Waals surface area contributed by atoms with Crippen LogP contribution in [0.5, 0.6) is 0 Å². The van der Waals surface area contributed by atoms with Crippen molar-refractivity contribution in [3.8, 4) is 5.69 Å². The first-order valence-electron chi connectivity index (χ1n) is 6.18. The van der Waals surface area contributed by atoms with E-state index in [0.29, 0.717) is 0 Å². The molecular formula is C16H14N2O. The fraction of sp³-hybridized carbons (Fsp3) is 0.0625. The second kappa shape index (κ2) is 4.61. The van der Waals surface area contributed by atoms with Gasteiger partial charge in [0.25, 0.3) is 0 Å². The second-order valence-corrected chi connectivity index (χ2v) is 4.47. The fourth-order valence-corrected chi connectivity index (χ4v) is 2.22. The number of nitrogens with zero attached hydrogens (tertiary/aromatic N) is 1. The SMILES string of the molecule is CC(=O)Nc1ccc(-n2ccc3ccccc32)cc1. The molecule has 0 atom stereocenters. The Bertz CT molecular complexity index is 726. The van der Waals surface area contributed by atoms with Crippen LogP contribution >= 0.6 is 0 Å². The summed E-state index contributed by atoms with van der Waals surface area (Å²) in [7, 11) is 0. The first-order chi connectivity index (χ1) is 9.24. The third-order valence-electron chi connectivity index (χ3n) is 3.07.